The topological polar surface area (TPSA) is 58.0 Å². The van der Waals surface area contributed by atoms with Gasteiger partial charge < -0.3 is 10.4 Å². The molecular formula is C10H13ClF3N3O. The standard InChI is InChI=1S/C10H13ClF3N3O/c1-2-6(3-4-18)15-8-5-7(10(12,13)14)16-9(11)17-8/h5-6,18H,2-4H2,1H3,(H,15,16,17). The molecular weight excluding hydrogens is 271 g/mol. The van der Waals surface area contributed by atoms with Gasteiger partial charge in [-0.15, -0.1) is 0 Å². The van der Waals surface area contributed by atoms with Gasteiger partial charge in [-0.1, -0.05) is 6.92 Å². The molecule has 102 valence electrons. The third kappa shape index (κ3) is 4.30. The van der Waals surface area contributed by atoms with Crippen molar-refractivity contribution in [3.8, 4) is 0 Å². The maximum Gasteiger partial charge on any atom is 0.433 e. The second-order valence-electron chi connectivity index (χ2n) is 3.67. The first-order chi connectivity index (χ1) is 8.36. The quantitative estimate of drug-likeness (QED) is 0.816. The fourth-order valence-electron chi connectivity index (χ4n) is 1.38. The highest BCUT2D eigenvalue weighted by atomic mass is 35.5. The molecule has 1 heterocycles. The Kier molecular flexibility index (Phi) is 5.15. The maximum absolute atomic E-state index is 12.5. The first-order valence-electron chi connectivity index (χ1n) is 5.36. The van der Waals surface area contributed by atoms with Gasteiger partial charge in [-0.25, -0.2) is 9.97 Å². The lowest BCUT2D eigenvalue weighted by Crippen LogP contribution is -2.21. The van der Waals surface area contributed by atoms with Crippen molar-refractivity contribution in [1.82, 2.24) is 9.97 Å². The van der Waals surface area contributed by atoms with Crippen LogP contribution in [-0.2, 0) is 6.18 Å². The maximum atomic E-state index is 12.5. The van der Waals surface area contributed by atoms with Gasteiger partial charge in [0.05, 0.1) is 0 Å². The molecule has 0 saturated carbocycles. The molecule has 1 rings (SSSR count). The second kappa shape index (κ2) is 6.19. The van der Waals surface area contributed by atoms with Crippen LogP contribution in [0.2, 0.25) is 5.28 Å². The van der Waals surface area contributed by atoms with Crippen LogP contribution >= 0.6 is 11.6 Å². The minimum atomic E-state index is -4.57. The van der Waals surface area contributed by atoms with Gasteiger partial charge in [-0.3, -0.25) is 0 Å². The molecule has 2 N–H and O–H groups in total. The molecule has 0 aliphatic rings. The fourth-order valence-corrected chi connectivity index (χ4v) is 1.56. The van der Waals surface area contributed by atoms with E-state index in [0.29, 0.717) is 12.8 Å². The molecule has 0 saturated heterocycles. The van der Waals surface area contributed by atoms with Gasteiger partial charge in [0.1, 0.15) is 5.82 Å². The van der Waals surface area contributed by atoms with E-state index in [2.05, 4.69) is 15.3 Å². The Morgan fingerprint density at radius 3 is 2.61 bits per heavy atom. The molecule has 0 aliphatic heterocycles. The average molecular weight is 284 g/mol. The summed E-state index contributed by atoms with van der Waals surface area (Å²) >= 11 is 5.45. The number of alkyl halides is 3. The summed E-state index contributed by atoms with van der Waals surface area (Å²) in [6.45, 7) is 1.79. The number of halogens is 4. The largest absolute Gasteiger partial charge is 0.433 e. The Bertz CT molecular complexity index is 400. The van der Waals surface area contributed by atoms with Crippen molar-refractivity contribution in [2.75, 3.05) is 11.9 Å². The molecule has 0 spiro atoms. The zero-order valence-corrected chi connectivity index (χ0v) is 10.4. The molecule has 0 bridgehead atoms. The van der Waals surface area contributed by atoms with Crippen molar-refractivity contribution in [3.63, 3.8) is 0 Å². The number of aliphatic hydroxyl groups excluding tert-OH is 1. The average Bonchev–Trinajstić information content (AvgIpc) is 2.26. The monoisotopic (exact) mass is 283 g/mol. The molecule has 1 aromatic heterocycles. The summed E-state index contributed by atoms with van der Waals surface area (Å²) < 4.78 is 37.5. The van der Waals surface area contributed by atoms with Crippen molar-refractivity contribution >= 4 is 17.4 Å². The summed E-state index contributed by atoms with van der Waals surface area (Å²) in [6, 6.07) is 0.633. The van der Waals surface area contributed by atoms with E-state index in [-0.39, 0.29) is 18.5 Å². The number of anilines is 1. The smallest absolute Gasteiger partial charge is 0.396 e. The Labute approximate surface area is 107 Å². The van der Waals surface area contributed by atoms with Crippen LogP contribution in [0.25, 0.3) is 0 Å². The van der Waals surface area contributed by atoms with Crippen LogP contribution in [-0.4, -0.2) is 27.7 Å². The minimum Gasteiger partial charge on any atom is -0.396 e. The van der Waals surface area contributed by atoms with Gasteiger partial charge in [0.2, 0.25) is 5.28 Å². The van der Waals surface area contributed by atoms with Crippen LogP contribution in [0.1, 0.15) is 25.5 Å². The summed E-state index contributed by atoms with van der Waals surface area (Å²) in [5, 5.41) is 11.1. The number of rotatable bonds is 5. The van der Waals surface area contributed by atoms with Crippen LogP contribution in [0.3, 0.4) is 0 Å². The number of hydrogen-bond donors (Lipinski definition) is 2. The zero-order valence-electron chi connectivity index (χ0n) is 9.63. The molecule has 1 unspecified atom stereocenters. The molecule has 4 nitrogen and oxygen atoms in total. The number of hydrogen-bond acceptors (Lipinski definition) is 4. The second-order valence-corrected chi connectivity index (χ2v) is 4.01. The molecule has 0 amide bonds. The summed E-state index contributed by atoms with van der Waals surface area (Å²) in [7, 11) is 0. The molecule has 0 aliphatic carbocycles. The number of aliphatic hydroxyl groups is 1. The highest BCUT2D eigenvalue weighted by molar-refractivity contribution is 6.28. The highest BCUT2D eigenvalue weighted by Gasteiger charge is 2.33. The zero-order chi connectivity index (χ0) is 13.8. The number of nitrogens with one attached hydrogen (secondary N) is 1. The van der Waals surface area contributed by atoms with Gasteiger partial charge in [0, 0.05) is 18.7 Å². The normalized spacial score (nSPS) is 13.4. The van der Waals surface area contributed by atoms with Gasteiger partial charge >= 0.3 is 6.18 Å². The molecule has 1 aromatic rings. The highest BCUT2D eigenvalue weighted by Crippen LogP contribution is 2.29. The summed E-state index contributed by atoms with van der Waals surface area (Å²) in [4.78, 5) is 6.80. The van der Waals surface area contributed by atoms with Gasteiger partial charge in [-0.2, -0.15) is 13.2 Å². The minimum absolute atomic E-state index is 0.00243. The van der Waals surface area contributed by atoms with Gasteiger partial charge in [0.15, 0.2) is 5.69 Å². The summed E-state index contributed by atoms with van der Waals surface area (Å²) in [5.74, 6) is 0.00243. The van der Waals surface area contributed by atoms with E-state index in [1.807, 2.05) is 6.92 Å². The first-order valence-corrected chi connectivity index (χ1v) is 5.73. The molecule has 1 atom stereocenters. The molecule has 0 aromatic carbocycles. The number of nitrogens with zero attached hydrogens (tertiary/aromatic N) is 2. The third-order valence-corrected chi connectivity index (χ3v) is 2.48. The Hall–Kier alpha value is -1.08. The molecule has 0 fully saturated rings. The van der Waals surface area contributed by atoms with Crippen LogP contribution in [0.4, 0.5) is 19.0 Å². The van der Waals surface area contributed by atoms with Gasteiger partial charge in [0.25, 0.3) is 0 Å². The molecule has 18 heavy (non-hydrogen) atoms. The lowest BCUT2D eigenvalue weighted by atomic mass is 10.1. The van der Waals surface area contributed by atoms with Crippen LogP contribution < -0.4 is 5.32 Å². The van der Waals surface area contributed by atoms with Crippen molar-refractivity contribution in [2.45, 2.75) is 32.0 Å². The summed E-state index contributed by atoms with van der Waals surface area (Å²) in [6.07, 6.45) is -3.51. The van der Waals surface area contributed by atoms with Crippen molar-refractivity contribution in [3.05, 3.63) is 17.0 Å². The van der Waals surface area contributed by atoms with E-state index >= 15 is 0 Å². The van der Waals surface area contributed by atoms with Crippen LogP contribution in [0.15, 0.2) is 6.07 Å². The van der Waals surface area contributed by atoms with Crippen molar-refractivity contribution < 1.29 is 18.3 Å². The lowest BCUT2D eigenvalue weighted by Gasteiger charge is -2.17. The van der Waals surface area contributed by atoms with E-state index in [1.54, 1.807) is 0 Å². The van der Waals surface area contributed by atoms with E-state index in [9.17, 15) is 13.2 Å². The Morgan fingerprint density at radius 2 is 2.11 bits per heavy atom. The molecule has 8 heteroatoms. The first kappa shape index (κ1) is 15.0. The van der Waals surface area contributed by atoms with Crippen LogP contribution in [0.5, 0.6) is 0 Å². The predicted octanol–water partition coefficient (Wildman–Crippen LogP) is 2.72. The molecule has 0 radical (unpaired) electrons. The van der Waals surface area contributed by atoms with E-state index in [4.69, 9.17) is 16.7 Å². The van der Waals surface area contributed by atoms with Crippen LogP contribution in [0, 0.1) is 0 Å². The predicted molar refractivity (Wildman–Crippen MR) is 61.4 cm³/mol. The van der Waals surface area contributed by atoms with E-state index in [1.165, 1.54) is 0 Å². The fraction of sp³-hybridized carbons (Fsp3) is 0.600. The lowest BCUT2D eigenvalue weighted by molar-refractivity contribution is -0.141. The third-order valence-electron chi connectivity index (χ3n) is 2.31. The van der Waals surface area contributed by atoms with Crippen molar-refractivity contribution in [2.24, 2.45) is 0 Å². The SMILES string of the molecule is CCC(CCO)Nc1cc(C(F)(F)F)nc(Cl)n1. The summed E-state index contributed by atoms with van der Waals surface area (Å²) in [5.41, 5.74) is -1.09. The Morgan fingerprint density at radius 1 is 1.44 bits per heavy atom. The number of aromatic nitrogens is 2. The van der Waals surface area contributed by atoms with E-state index in [0.717, 1.165) is 6.07 Å². The Balaban J connectivity index is 2.92. The van der Waals surface area contributed by atoms with Crippen molar-refractivity contribution in [1.29, 1.82) is 0 Å². The van der Waals surface area contributed by atoms with Gasteiger partial charge in [-0.05, 0) is 24.4 Å². The van der Waals surface area contributed by atoms with E-state index < -0.39 is 17.2 Å².